The van der Waals surface area contributed by atoms with E-state index in [0.717, 1.165) is 62.3 Å². The van der Waals surface area contributed by atoms with E-state index in [2.05, 4.69) is 0 Å². The molecule has 2 saturated carbocycles. The number of allylic oxidation sites excluding steroid dienone is 1. The molecule has 1 aromatic carbocycles. The van der Waals surface area contributed by atoms with Gasteiger partial charge in [0.25, 0.3) is 0 Å². The van der Waals surface area contributed by atoms with Crippen LogP contribution in [0.3, 0.4) is 0 Å². The van der Waals surface area contributed by atoms with Gasteiger partial charge in [-0.05, 0) is 86.3 Å². The summed E-state index contributed by atoms with van der Waals surface area (Å²) in [5, 5.41) is 0. The Kier molecular flexibility index (Phi) is 6.77. The SMILES string of the molecule is F/C=C(/F)CCC1CCC(C2CCC(c3ccc(F)c(F)c3)CC2)CC1. The largest absolute Gasteiger partial charge is 0.213 e. The van der Waals surface area contributed by atoms with Crippen molar-refractivity contribution in [2.45, 2.75) is 70.1 Å². The van der Waals surface area contributed by atoms with Crippen LogP contribution < -0.4 is 0 Å². The zero-order valence-electron chi connectivity index (χ0n) is 15.2. The molecule has 0 aliphatic heterocycles. The van der Waals surface area contributed by atoms with Gasteiger partial charge in [-0.3, -0.25) is 0 Å². The fourth-order valence-corrected chi connectivity index (χ4v) is 5.04. The summed E-state index contributed by atoms with van der Waals surface area (Å²) in [7, 11) is 0. The third-order valence-corrected chi connectivity index (χ3v) is 6.65. The summed E-state index contributed by atoms with van der Waals surface area (Å²) in [6.07, 6.45) is 10.1. The molecule has 0 amide bonds. The van der Waals surface area contributed by atoms with Crippen molar-refractivity contribution in [1.82, 2.24) is 0 Å². The molecule has 2 aliphatic carbocycles. The molecular weight excluding hydrogens is 340 g/mol. The zero-order valence-corrected chi connectivity index (χ0v) is 15.2. The van der Waals surface area contributed by atoms with Crippen LogP contribution >= 0.6 is 0 Å². The minimum atomic E-state index is -0.777. The van der Waals surface area contributed by atoms with Crippen molar-refractivity contribution in [2.24, 2.45) is 17.8 Å². The van der Waals surface area contributed by atoms with Gasteiger partial charge in [-0.15, -0.1) is 0 Å². The molecule has 0 heterocycles. The van der Waals surface area contributed by atoms with Crippen molar-refractivity contribution < 1.29 is 17.6 Å². The molecule has 144 valence electrons. The van der Waals surface area contributed by atoms with Crippen molar-refractivity contribution in [3.63, 3.8) is 0 Å². The molecule has 0 spiro atoms. The Morgan fingerprint density at radius 3 is 2.08 bits per heavy atom. The average molecular weight is 368 g/mol. The molecule has 2 fully saturated rings. The van der Waals surface area contributed by atoms with Crippen molar-refractivity contribution in [1.29, 1.82) is 0 Å². The fraction of sp³-hybridized carbons (Fsp3) is 0.636. The second-order valence-electron chi connectivity index (χ2n) is 8.16. The summed E-state index contributed by atoms with van der Waals surface area (Å²) in [5.41, 5.74) is 0.925. The lowest BCUT2D eigenvalue weighted by atomic mass is 9.68. The lowest BCUT2D eigenvalue weighted by molar-refractivity contribution is 0.156. The fourth-order valence-electron chi connectivity index (χ4n) is 5.04. The number of halogens is 4. The average Bonchev–Trinajstić information content (AvgIpc) is 2.69. The second-order valence-corrected chi connectivity index (χ2v) is 8.16. The van der Waals surface area contributed by atoms with Crippen LogP contribution in [0.1, 0.15) is 75.7 Å². The summed E-state index contributed by atoms with van der Waals surface area (Å²) in [6.45, 7) is 0. The maximum absolute atomic E-state index is 13.5. The predicted molar refractivity (Wildman–Crippen MR) is 96.0 cm³/mol. The van der Waals surface area contributed by atoms with E-state index in [0.29, 0.717) is 11.8 Å². The highest BCUT2D eigenvalue weighted by atomic mass is 19.2. The minimum absolute atomic E-state index is 0.0804. The highest BCUT2D eigenvalue weighted by Gasteiger charge is 2.31. The summed E-state index contributed by atoms with van der Waals surface area (Å²) in [4.78, 5) is 0. The van der Waals surface area contributed by atoms with Crippen LogP contribution in [0.4, 0.5) is 17.6 Å². The third kappa shape index (κ3) is 4.89. The number of hydrogen-bond acceptors (Lipinski definition) is 0. The van der Waals surface area contributed by atoms with E-state index in [-0.39, 0.29) is 12.8 Å². The molecule has 3 rings (SSSR count). The van der Waals surface area contributed by atoms with Gasteiger partial charge in [0.1, 0.15) is 12.2 Å². The Balaban J connectivity index is 1.43. The zero-order chi connectivity index (χ0) is 18.5. The van der Waals surface area contributed by atoms with Gasteiger partial charge in [0.2, 0.25) is 0 Å². The highest BCUT2D eigenvalue weighted by Crippen LogP contribution is 2.44. The summed E-state index contributed by atoms with van der Waals surface area (Å²) < 4.78 is 51.5. The molecule has 0 bridgehead atoms. The number of rotatable bonds is 5. The molecular formula is C22H28F4. The van der Waals surface area contributed by atoms with Crippen LogP contribution in [0.5, 0.6) is 0 Å². The maximum atomic E-state index is 13.5. The standard InChI is InChI=1S/C22H28F4/c23-14-20(24)11-3-15-1-4-16(5-2-15)17-6-8-18(9-7-17)19-10-12-21(25)22(26)13-19/h10,12-18H,1-9,11H2/b20-14+. The molecule has 0 N–H and O–H groups in total. The molecule has 26 heavy (non-hydrogen) atoms. The first-order valence-corrected chi connectivity index (χ1v) is 9.96. The molecule has 0 aromatic heterocycles. The van der Waals surface area contributed by atoms with Crippen LogP contribution in [0.15, 0.2) is 30.4 Å². The number of benzene rings is 1. The van der Waals surface area contributed by atoms with Gasteiger partial charge in [-0.25, -0.2) is 17.6 Å². The normalized spacial score (nSPS) is 30.4. The van der Waals surface area contributed by atoms with Crippen LogP contribution in [-0.4, -0.2) is 0 Å². The van der Waals surface area contributed by atoms with Crippen molar-refractivity contribution in [2.75, 3.05) is 0 Å². The molecule has 0 nitrogen and oxygen atoms in total. The van der Waals surface area contributed by atoms with Crippen LogP contribution in [0.2, 0.25) is 0 Å². The minimum Gasteiger partial charge on any atom is -0.213 e. The van der Waals surface area contributed by atoms with Crippen molar-refractivity contribution in [3.05, 3.63) is 47.6 Å². The predicted octanol–water partition coefficient (Wildman–Crippen LogP) is 7.61. The summed E-state index contributed by atoms with van der Waals surface area (Å²) in [5.74, 6) is 0.160. The Bertz CT molecular complexity index is 609. The number of hydrogen-bond donors (Lipinski definition) is 0. The van der Waals surface area contributed by atoms with Crippen LogP contribution in [0.25, 0.3) is 0 Å². The van der Waals surface area contributed by atoms with Gasteiger partial charge < -0.3 is 0 Å². The molecule has 0 atom stereocenters. The molecule has 0 unspecified atom stereocenters. The van der Waals surface area contributed by atoms with Crippen LogP contribution in [-0.2, 0) is 0 Å². The van der Waals surface area contributed by atoms with Gasteiger partial charge in [0.15, 0.2) is 11.6 Å². The summed E-state index contributed by atoms with van der Waals surface area (Å²) >= 11 is 0. The molecule has 2 aliphatic rings. The first-order chi connectivity index (χ1) is 12.6. The first kappa shape index (κ1) is 19.4. The van der Waals surface area contributed by atoms with E-state index in [4.69, 9.17) is 0 Å². The highest BCUT2D eigenvalue weighted by molar-refractivity contribution is 5.22. The van der Waals surface area contributed by atoms with Gasteiger partial charge in [0.05, 0.1) is 0 Å². The van der Waals surface area contributed by atoms with E-state index in [1.165, 1.54) is 25.0 Å². The van der Waals surface area contributed by atoms with E-state index < -0.39 is 17.5 Å². The van der Waals surface area contributed by atoms with Gasteiger partial charge >= 0.3 is 0 Å². The Labute approximate surface area is 153 Å². The molecule has 0 radical (unpaired) electrons. The molecule has 4 heteroatoms. The molecule has 1 aromatic rings. The smallest absolute Gasteiger partial charge is 0.159 e. The van der Waals surface area contributed by atoms with Gasteiger partial charge in [-0.2, -0.15) is 0 Å². The van der Waals surface area contributed by atoms with E-state index in [1.54, 1.807) is 6.07 Å². The molecule has 0 saturated heterocycles. The third-order valence-electron chi connectivity index (χ3n) is 6.65. The Morgan fingerprint density at radius 1 is 0.885 bits per heavy atom. The summed E-state index contributed by atoms with van der Waals surface area (Å²) in [6, 6.07) is 4.31. The van der Waals surface area contributed by atoms with Gasteiger partial charge in [0, 0.05) is 6.42 Å². The van der Waals surface area contributed by atoms with Crippen molar-refractivity contribution in [3.8, 4) is 0 Å². The van der Waals surface area contributed by atoms with Gasteiger partial charge in [-0.1, -0.05) is 18.9 Å². The Morgan fingerprint density at radius 2 is 1.50 bits per heavy atom. The maximum Gasteiger partial charge on any atom is 0.159 e. The van der Waals surface area contributed by atoms with Crippen LogP contribution in [0, 0.1) is 29.4 Å². The van der Waals surface area contributed by atoms with E-state index >= 15 is 0 Å². The van der Waals surface area contributed by atoms with E-state index in [1.807, 2.05) is 0 Å². The van der Waals surface area contributed by atoms with E-state index in [9.17, 15) is 17.6 Å². The monoisotopic (exact) mass is 368 g/mol. The lowest BCUT2D eigenvalue weighted by Crippen LogP contribution is -2.25. The first-order valence-electron chi connectivity index (χ1n) is 9.96. The Hall–Kier alpha value is -1.32. The lowest BCUT2D eigenvalue weighted by Gasteiger charge is -2.38. The van der Waals surface area contributed by atoms with Crippen molar-refractivity contribution >= 4 is 0 Å². The topological polar surface area (TPSA) is 0 Å². The quantitative estimate of drug-likeness (QED) is 0.469. The second kappa shape index (κ2) is 9.05.